The predicted octanol–water partition coefficient (Wildman–Crippen LogP) is 4.43. The Morgan fingerprint density at radius 3 is 2.75 bits per heavy atom. The molecule has 122 valence electrons. The molecule has 1 amide bonds. The molecule has 1 aromatic carbocycles. The molecule has 0 unspecified atom stereocenters. The van der Waals surface area contributed by atoms with Crippen LogP contribution in [0.5, 0.6) is 0 Å². The molecule has 0 bridgehead atoms. The van der Waals surface area contributed by atoms with Crippen LogP contribution in [-0.4, -0.2) is 16.0 Å². The number of benzene rings is 1. The number of hydrogen-bond acceptors (Lipinski definition) is 5. The Bertz CT molecular complexity index is 909. The summed E-state index contributed by atoms with van der Waals surface area (Å²) in [6.45, 7) is 4.10. The molecule has 6 heteroatoms. The normalized spacial score (nSPS) is 13.9. The molecule has 0 radical (unpaired) electrons. The van der Waals surface area contributed by atoms with Crippen molar-refractivity contribution in [1.29, 1.82) is 0 Å². The SMILES string of the molecule is Cc1cc(-c2nc(-c3ccccc3NC(=O)C3CC3)no2)c(C)s1. The summed E-state index contributed by atoms with van der Waals surface area (Å²) >= 11 is 1.71. The third-order valence-corrected chi connectivity index (χ3v) is 5.04. The quantitative estimate of drug-likeness (QED) is 0.763. The van der Waals surface area contributed by atoms with Crippen molar-refractivity contribution in [1.82, 2.24) is 10.1 Å². The predicted molar refractivity (Wildman–Crippen MR) is 93.9 cm³/mol. The van der Waals surface area contributed by atoms with Crippen LogP contribution in [0.3, 0.4) is 0 Å². The molecule has 1 fully saturated rings. The summed E-state index contributed by atoms with van der Waals surface area (Å²) < 4.78 is 5.45. The lowest BCUT2D eigenvalue weighted by Gasteiger charge is -2.07. The molecule has 1 aliphatic rings. The Morgan fingerprint density at radius 2 is 2.04 bits per heavy atom. The molecule has 2 heterocycles. The third kappa shape index (κ3) is 2.85. The van der Waals surface area contributed by atoms with Gasteiger partial charge in [-0.15, -0.1) is 11.3 Å². The number of aryl methyl sites for hydroxylation is 2. The van der Waals surface area contributed by atoms with Gasteiger partial charge in [-0.25, -0.2) is 0 Å². The van der Waals surface area contributed by atoms with E-state index in [1.165, 1.54) is 4.88 Å². The van der Waals surface area contributed by atoms with Crippen LogP contribution in [0.4, 0.5) is 5.69 Å². The topological polar surface area (TPSA) is 68.0 Å². The molecule has 0 saturated heterocycles. The second-order valence-electron chi connectivity index (χ2n) is 6.06. The molecule has 1 N–H and O–H groups in total. The number of carbonyl (C=O) groups is 1. The number of hydrogen-bond donors (Lipinski definition) is 1. The molecule has 4 rings (SSSR count). The van der Waals surface area contributed by atoms with E-state index in [0.717, 1.165) is 34.5 Å². The van der Waals surface area contributed by atoms with Crippen molar-refractivity contribution in [2.75, 3.05) is 5.32 Å². The van der Waals surface area contributed by atoms with Gasteiger partial charge in [-0.3, -0.25) is 4.79 Å². The summed E-state index contributed by atoms with van der Waals surface area (Å²) in [5.74, 6) is 1.21. The van der Waals surface area contributed by atoms with Crippen LogP contribution in [0.2, 0.25) is 0 Å². The number of carbonyl (C=O) groups excluding carboxylic acids is 1. The summed E-state index contributed by atoms with van der Waals surface area (Å²) in [4.78, 5) is 18.9. The Hall–Kier alpha value is -2.47. The van der Waals surface area contributed by atoms with Gasteiger partial charge in [0.2, 0.25) is 11.7 Å². The zero-order chi connectivity index (χ0) is 16.7. The zero-order valence-electron chi connectivity index (χ0n) is 13.5. The summed E-state index contributed by atoms with van der Waals surface area (Å²) in [5.41, 5.74) is 2.46. The molecule has 5 nitrogen and oxygen atoms in total. The molecule has 0 atom stereocenters. The lowest BCUT2D eigenvalue weighted by molar-refractivity contribution is -0.117. The lowest BCUT2D eigenvalue weighted by atomic mass is 10.1. The molecule has 0 spiro atoms. The lowest BCUT2D eigenvalue weighted by Crippen LogP contribution is -2.14. The van der Waals surface area contributed by atoms with Gasteiger partial charge in [-0.05, 0) is 44.9 Å². The molecular formula is C18H17N3O2S. The largest absolute Gasteiger partial charge is 0.334 e. The zero-order valence-corrected chi connectivity index (χ0v) is 14.3. The number of nitrogens with zero attached hydrogens (tertiary/aromatic N) is 2. The van der Waals surface area contributed by atoms with Gasteiger partial charge in [0, 0.05) is 21.2 Å². The molecule has 0 aliphatic heterocycles. The number of para-hydroxylation sites is 1. The second kappa shape index (κ2) is 5.87. The highest BCUT2D eigenvalue weighted by Crippen LogP contribution is 2.34. The number of rotatable bonds is 4. The molecule has 3 aromatic rings. The van der Waals surface area contributed by atoms with Gasteiger partial charge in [0.15, 0.2) is 0 Å². The van der Waals surface area contributed by atoms with Crippen molar-refractivity contribution in [3.8, 4) is 22.8 Å². The molecule has 2 aromatic heterocycles. The first-order valence-corrected chi connectivity index (χ1v) is 8.75. The van der Waals surface area contributed by atoms with Crippen LogP contribution in [0.25, 0.3) is 22.8 Å². The van der Waals surface area contributed by atoms with Crippen molar-refractivity contribution in [3.63, 3.8) is 0 Å². The minimum atomic E-state index is 0.0653. The molecule has 1 saturated carbocycles. The maximum absolute atomic E-state index is 12.1. The number of amides is 1. The van der Waals surface area contributed by atoms with Crippen LogP contribution >= 0.6 is 11.3 Å². The second-order valence-corrected chi connectivity index (χ2v) is 7.52. The smallest absolute Gasteiger partial charge is 0.259 e. The summed E-state index contributed by atoms with van der Waals surface area (Å²) in [6.07, 6.45) is 1.94. The molecule has 24 heavy (non-hydrogen) atoms. The highest BCUT2D eigenvalue weighted by atomic mass is 32.1. The minimum Gasteiger partial charge on any atom is -0.334 e. The van der Waals surface area contributed by atoms with Crippen molar-refractivity contribution in [2.45, 2.75) is 26.7 Å². The van der Waals surface area contributed by atoms with E-state index in [9.17, 15) is 4.79 Å². The Labute approximate surface area is 143 Å². The van der Waals surface area contributed by atoms with Crippen molar-refractivity contribution < 1.29 is 9.32 Å². The van der Waals surface area contributed by atoms with Crippen molar-refractivity contribution in [2.24, 2.45) is 5.92 Å². The maximum Gasteiger partial charge on any atom is 0.259 e. The van der Waals surface area contributed by atoms with E-state index in [2.05, 4.69) is 28.4 Å². The maximum atomic E-state index is 12.1. The van der Waals surface area contributed by atoms with E-state index in [4.69, 9.17) is 4.52 Å². The van der Waals surface area contributed by atoms with Gasteiger partial charge in [-0.1, -0.05) is 17.3 Å². The minimum absolute atomic E-state index is 0.0653. The van der Waals surface area contributed by atoms with Gasteiger partial charge in [0.1, 0.15) is 0 Å². The highest BCUT2D eigenvalue weighted by molar-refractivity contribution is 7.12. The first-order valence-electron chi connectivity index (χ1n) is 7.93. The van der Waals surface area contributed by atoms with E-state index < -0.39 is 0 Å². The van der Waals surface area contributed by atoms with Gasteiger partial charge in [-0.2, -0.15) is 4.98 Å². The summed E-state index contributed by atoms with van der Waals surface area (Å²) in [5, 5.41) is 7.09. The van der Waals surface area contributed by atoms with Gasteiger partial charge >= 0.3 is 0 Å². The van der Waals surface area contributed by atoms with Gasteiger partial charge in [0.05, 0.1) is 11.3 Å². The van der Waals surface area contributed by atoms with Crippen LogP contribution in [0.15, 0.2) is 34.9 Å². The van der Waals surface area contributed by atoms with Gasteiger partial charge in [0.25, 0.3) is 5.89 Å². The monoisotopic (exact) mass is 339 g/mol. The summed E-state index contributed by atoms with van der Waals surface area (Å²) in [7, 11) is 0. The fourth-order valence-corrected chi connectivity index (χ4v) is 3.57. The molecule has 1 aliphatic carbocycles. The van der Waals surface area contributed by atoms with Gasteiger partial charge < -0.3 is 9.84 Å². The van der Waals surface area contributed by atoms with E-state index >= 15 is 0 Å². The first kappa shape index (κ1) is 15.1. The fraction of sp³-hybridized carbons (Fsp3) is 0.278. The number of aromatic nitrogens is 2. The first-order chi connectivity index (χ1) is 11.6. The number of nitrogens with one attached hydrogen (secondary N) is 1. The summed E-state index contributed by atoms with van der Waals surface area (Å²) in [6, 6.07) is 9.60. The van der Waals surface area contributed by atoms with Crippen molar-refractivity contribution >= 4 is 22.9 Å². The Kier molecular flexibility index (Phi) is 3.69. The molecular weight excluding hydrogens is 322 g/mol. The van der Waals surface area contributed by atoms with Crippen LogP contribution in [0.1, 0.15) is 22.6 Å². The fourth-order valence-electron chi connectivity index (χ4n) is 2.65. The number of anilines is 1. The number of thiophene rings is 1. The van der Waals surface area contributed by atoms with E-state index in [1.54, 1.807) is 11.3 Å². The standard InChI is InChI=1S/C18H17N3O2S/c1-10-9-14(11(2)24-10)18-20-16(21-23-18)13-5-3-4-6-15(13)19-17(22)12-7-8-12/h3-6,9,12H,7-8H2,1-2H3,(H,19,22). The van der Waals surface area contributed by atoms with E-state index in [0.29, 0.717) is 11.7 Å². The van der Waals surface area contributed by atoms with Crippen LogP contribution in [-0.2, 0) is 4.79 Å². The Balaban J connectivity index is 1.67. The van der Waals surface area contributed by atoms with Crippen LogP contribution in [0, 0.1) is 19.8 Å². The third-order valence-electron chi connectivity index (χ3n) is 4.07. The van der Waals surface area contributed by atoms with E-state index in [-0.39, 0.29) is 11.8 Å². The highest BCUT2D eigenvalue weighted by Gasteiger charge is 2.30. The average Bonchev–Trinajstić information content (AvgIpc) is 3.21. The van der Waals surface area contributed by atoms with E-state index in [1.807, 2.05) is 31.2 Å². The van der Waals surface area contributed by atoms with Crippen molar-refractivity contribution in [3.05, 3.63) is 40.1 Å². The Morgan fingerprint density at radius 1 is 1.25 bits per heavy atom. The average molecular weight is 339 g/mol. The van der Waals surface area contributed by atoms with Crippen LogP contribution < -0.4 is 5.32 Å².